The van der Waals surface area contributed by atoms with Gasteiger partial charge < -0.3 is 10.6 Å². The Morgan fingerprint density at radius 1 is 0.933 bits per heavy atom. The van der Waals surface area contributed by atoms with Crippen LogP contribution < -0.4 is 10.6 Å². The van der Waals surface area contributed by atoms with Gasteiger partial charge in [-0.2, -0.15) is 0 Å². The van der Waals surface area contributed by atoms with Crippen LogP contribution in [0.5, 0.6) is 0 Å². The highest BCUT2D eigenvalue weighted by molar-refractivity contribution is 6.31. The number of hydrogen-bond acceptors (Lipinski definition) is 3. The number of carbonyl (C=O) groups excluding carboxylic acids is 1. The molecular formula is C24H25Cl2N3O. The van der Waals surface area contributed by atoms with Gasteiger partial charge >= 0.3 is 0 Å². The van der Waals surface area contributed by atoms with Crippen molar-refractivity contribution < 1.29 is 4.79 Å². The highest BCUT2D eigenvalue weighted by atomic mass is 35.5. The summed E-state index contributed by atoms with van der Waals surface area (Å²) in [5, 5.41) is 9.36. The number of carbonyl (C=O) groups is 1. The summed E-state index contributed by atoms with van der Waals surface area (Å²) in [7, 11) is 0. The third kappa shape index (κ3) is 5.44. The van der Waals surface area contributed by atoms with Crippen molar-refractivity contribution in [3.63, 3.8) is 0 Å². The monoisotopic (exact) mass is 441 g/mol. The van der Waals surface area contributed by atoms with Gasteiger partial charge in [0.1, 0.15) is 0 Å². The van der Waals surface area contributed by atoms with E-state index >= 15 is 0 Å². The molecule has 1 heterocycles. The lowest BCUT2D eigenvalue weighted by atomic mass is 9.90. The Labute approximate surface area is 187 Å². The maximum Gasteiger partial charge on any atom is 0.220 e. The van der Waals surface area contributed by atoms with Crippen molar-refractivity contribution in [2.24, 2.45) is 0 Å². The zero-order chi connectivity index (χ0) is 20.9. The van der Waals surface area contributed by atoms with E-state index in [2.05, 4.69) is 15.6 Å². The Hall–Kier alpha value is -2.30. The Kier molecular flexibility index (Phi) is 6.76. The van der Waals surface area contributed by atoms with Crippen LogP contribution in [0.1, 0.15) is 37.7 Å². The molecule has 4 rings (SSSR count). The van der Waals surface area contributed by atoms with Crippen molar-refractivity contribution in [2.45, 2.75) is 50.6 Å². The van der Waals surface area contributed by atoms with E-state index in [1.807, 2.05) is 54.7 Å². The molecule has 1 saturated carbocycles. The number of pyridine rings is 1. The topological polar surface area (TPSA) is 54.0 Å². The van der Waals surface area contributed by atoms with Gasteiger partial charge in [-0.15, -0.1) is 0 Å². The van der Waals surface area contributed by atoms with Crippen molar-refractivity contribution in [3.05, 3.63) is 70.3 Å². The first-order valence-corrected chi connectivity index (χ1v) is 11.2. The number of halogens is 2. The molecule has 1 amide bonds. The van der Waals surface area contributed by atoms with E-state index in [9.17, 15) is 4.79 Å². The lowest BCUT2D eigenvalue weighted by Crippen LogP contribution is -2.40. The van der Waals surface area contributed by atoms with Crippen LogP contribution in [0.4, 0.5) is 5.69 Å². The number of aromatic nitrogens is 1. The van der Waals surface area contributed by atoms with E-state index in [1.54, 1.807) is 0 Å². The molecule has 0 radical (unpaired) electrons. The Morgan fingerprint density at radius 3 is 2.40 bits per heavy atom. The number of amides is 1. The van der Waals surface area contributed by atoms with Crippen LogP contribution in [-0.4, -0.2) is 23.0 Å². The van der Waals surface area contributed by atoms with E-state index in [-0.39, 0.29) is 11.9 Å². The molecule has 6 heteroatoms. The summed E-state index contributed by atoms with van der Waals surface area (Å²) >= 11 is 12.0. The molecule has 0 saturated heterocycles. The number of rotatable bonds is 6. The lowest BCUT2D eigenvalue weighted by molar-refractivity contribution is -0.122. The summed E-state index contributed by atoms with van der Waals surface area (Å²) < 4.78 is 0. The fraction of sp³-hybridized carbons (Fsp3) is 0.333. The molecule has 0 spiro atoms. The minimum Gasteiger partial charge on any atom is -0.382 e. The van der Waals surface area contributed by atoms with Gasteiger partial charge in [-0.05, 0) is 74.1 Å². The number of hydrogen-bond donors (Lipinski definition) is 2. The molecule has 1 aromatic heterocycles. The van der Waals surface area contributed by atoms with Crippen molar-refractivity contribution in [2.75, 3.05) is 5.32 Å². The molecule has 1 aliphatic rings. The van der Waals surface area contributed by atoms with Crippen LogP contribution in [0.2, 0.25) is 10.0 Å². The van der Waals surface area contributed by atoms with Crippen molar-refractivity contribution in [1.29, 1.82) is 0 Å². The van der Waals surface area contributed by atoms with Crippen molar-refractivity contribution >= 4 is 45.7 Å². The molecule has 1 fully saturated rings. The average Bonchev–Trinajstić information content (AvgIpc) is 2.75. The first-order valence-electron chi connectivity index (χ1n) is 10.4. The molecule has 0 aliphatic heterocycles. The molecule has 30 heavy (non-hydrogen) atoms. The molecule has 0 bridgehead atoms. The van der Waals surface area contributed by atoms with Gasteiger partial charge in [0.05, 0.1) is 5.52 Å². The van der Waals surface area contributed by atoms with Gasteiger partial charge in [0.25, 0.3) is 0 Å². The second-order valence-corrected chi connectivity index (χ2v) is 8.78. The van der Waals surface area contributed by atoms with E-state index in [0.29, 0.717) is 17.5 Å². The lowest BCUT2D eigenvalue weighted by Gasteiger charge is -2.30. The maximum atomic E-state index is 12.3. The number of fused-ring (bicyclic) bond motifs is 1. The average molecular weight is 442 g/mol. The minimum absolute atomic E-state index is 0.123. The van der Waals surface area contributed by atoms with Crippen LogP contribution >= 0.6 is 23.2 Å². The van der Waals surface area contributed by atoms with Crippen LogP contribution in [0, 0.1) is 0 Å². The minimum atomic E-state index is 0.123. The molecular weight excluding hydrogens is 417 g/mol. The van der Waals surface area contributed by atoms with Crippen LogP contribution in [-0.2, 0) is 11.2 Å². The largest absolute Gasteiger partial charge is 0.382 e. The maximum absolute atomic E-state index is 12.3. The Balaban J connectivity index is 1.25. The second kappa shape index (κ2) is 9.67. The molecule has 0 atom stereocenters. The van der Waals surface area contributed by atoms with Gasteiger partial charge in [-0.1, -0.05) is 35.3 Å². The van der Waals surface area contributed by atoms with Gasteiger partial charge in [0.2, 0.25) is 5.91 Å². The molecule has 156 valence electrons. The van der Waals surface area contributed by atoms with Crippen molar-refractivity contribution in [3.8, 4) is 0 Å². The first kappa shape index (κ1) is 21.0. The van der Waals surface area contributed by atoms with Crippen molar-refractivity contribution in [1.82, 2.24) is 10.3 Å². The van der Waals surface area contributed by atoms with Crippen LogP contribution in [0.3, 0.4) is 0 Å². The van der Waals surface area contributed by atoms with E-state index in [4.69, 9.17) is 23.2 Å². The highest BCUT2D eigenvalue weighted by Gasteiger charge is 2.22. The zero-order valence-electron chi connectivity index (χ0n) is 16.7. The first-order chi connectivity index (χ1) is 14.6. The predicted octanol–water partition coefficient (Wildman–Crippen LogP) is 6.01. The van der Waals surface area contributed by atoms with Crippen LogP contribution in [0.15, 0.2) is 54.7 Å². The molecule has 3 aromatic rings. The van der Waals surface area contributed by atoms with Gasteiger partial charge in [-0.3, -0.25) is 9.78 Å². The highest BCUT2D eigenvalue weighted by Crippen LogP contribution is 2.28. The molecule has 1 aliphatic carbocycles. The van der Waals surface area contributed by atoms with E-state index in [1.165, 1.54) is 0 Å². The Morgan fingerprint density at radius 2 is 1.63 bits per heavy atom. The van der Waals surface area contributed by atoms with Gasteiger partial charge in [0.15, 0.2) is 0 Å². The number of nitrogens with one attached hydrogen (secondary N) is 2. The van der Waals surface area contributed by atoms with Gasteiger partial charge in [0, 0.05) is 45.8 Å². The standard InChI is InChI=1S/C24H25Cl2N3O/c25-17-4-1-16(2-5-17)3-12-24(30)29-20-9-7-19(8-10-20)28-22-13-14-27-23-15-18(26)6-11-21(22)23/h1-2,4-6,11,13-15,19-20H,3,7-10,12H2,(H,27,28)(H,29,30). The number of benzene rings is 2. The quantitative estimate of drug-likeness (QED) is 0.491. The second-order valence-electron chi connectivity index (χ2n) is 7.91. The number of nitrogens with zero attached hydrogens (tertiary/aromatic N) is 1. The summed E-state index contributed by atoms with van der Waals surface area (Å²) in [5.74, 6) is 0.123. The fourth-order valence-electron chi connectivity index (χ4n) is 4.06. The zero-order valence-corrected chi connectivity index (χ0v) is 18.2. The molecule has 0 unspecified atom stereocenters. The third-order valence-corrected chi connectivity index (χ3v) is 6.20. The van der Waals surface area contributed by atoms with Crippen LogP contribution in [0.25, 0.3) is 10.9 Å². The number of aryl methyl sites for hydroxylation is 1. The normalized spacial score (nSPS) is 18.9. The van der Waals surface area contributed by atoms with E-state index < -0.39 is 0 Å². The summed E-state index contributed by atoms with van der Waals surface area (Å²) in [6.07, 6.45) is 7.08. The molecule has 2 N–H and O–H groups in total. The summed E-state index contributed by atoms with van der Waals surface area (Å²) in [6, 6.07) is 16.1. The predicted molar refractivity (Wildman–Crippen MR) is 124 cm³/mol. The van der Waals surface area contributed by atoms with E-state index in [0.717, 1.165) is 59.3 Å². The molecule has 4 nitrogen and oxygen atoms in total. The smallest absolute Gasteiger partial charge is 0.220 e. The SMILES string of the molecule is O=C(CCc1ccc(Cl)cc1)NC1CCC(Nc2ccnc3cc(Cl)ccc23)CC1. The summed E-state index contributed by atoms with van der Waals surface area (Å²) in [5.41, 5.74) is 3.12. The Bertz CT molecular complexity index is 1010. The van der Waals surface area contributed by atoms with Gasteiger partial charge in [-0.25, -0.2) is 0 Å². The fourth-order valence-corrected chi connectivity index (χ4v) is 4.35. The summed E-state index contributed by atoms with van der Waals surface area (Å²) in [6.45, 7) is 0. The number of anilines is 1. The molecule has 2 aromatic carbocycles. The summed E-state index contributed by atoms with van der Waals surface area (Å²) in [4.78, 5) is 16.7. The third-order valence-electron chi connectivity index (χ3n) is 5.71.